The van der Waals surface area contributed by atoms with Gasteiger partial charge in [0.1, 0.15) is 0 Å². The summed E-state index contributed by atoms with van der Waals surface area (Å²) in [6.45, 7) is 5.39. The Hall–Kier alpha value is -2.06. The van der Waals surface area contributed by atoms with Gasteiger partial charge in [0.2, 0.25) is 0 Å². The monoisotopic (exact) mass is 278 g/mol. The van der Waals surface area contributed by atoms with Crippen LogP contribution in [0.4, 0.5) is 0 Å². The van der Waals surface area contributed by atoms with Crippen LogP contribution in [0.25, 0.3) is 10.9 Å². The third-order valence-electron chi connectivity index (χ3n) is 4.17. The summed E-state index contributed by atoms with van der Waals surface area (Å²) in [4.78, 5) is 3.34. The number of aromatic nitrogens is 1. The minimum atomic E-state index is 0.386. The van der Waals surface area contributed by atoms with Crippen LogP contribution in [0.1, 0.15) is 29.7 Å². The van der Waals surface area contributed by atoms with E-state index in [1.165, 1.54) is 27.6 Å². The number of fused-ring (bicyclic) bond motifs is 1. The summed E-state index contributed by atoms with van der Waals surface area (Å²) in [5, 5.41) is 4.96. The fourth-order valence-electron chi connectivity index (χ4n) is 2.94. The Balaban J connectivity index is 1.62. The molecule has 0 fully saturated rings. The normalized spacial score (nSPS) is 12.7. The molecule has 21 heavy (non-hydrogen) atoms. The van der Waals surface area contributed by atoms with E-state index >= 15 is 0 Å². The summed E-state index contributed by atoms with van der Waals surface area (Å²) < 4.78 is 0. The second-order valence-corrected chi connectivity index (χ2v) is 5.64. The lowest BCUT2D eigenvalue weighted by Crippen LogP contribution is -2.21. The highest BCUT2D eigenvalue weighted by Crippen LogP contribution is 2.19. The number of hydrogen-bond acceptors (Lipinski definition) is 1. The zero-order valence-corrected chi connectivity index (χ0v) is 12.7. The van der Waals surface area contributed by atoms with E-state index in [1.807, 2.05) is 0 Å². The van der Waals surface area contributed by atoms with Gasteiger partial charge in [-0.1, -0.05) is 42.5 Å². The van der Waals surface area contributed by atoms with Crippen molar-refractivity contribution in [3.63, 3.8) is 0 Å². The standard InChI is InChI=1S/C19H22N2/c1-14-7-3-4-8-17(14)15(2)20-12-11-16-13-21-19-10-6-5-9-18(16)19/h3-10,13,15,20-21H,11-12H2,1-2H3. The zero-order valence-electron chi connectivity index (χ0n) is 12.7. The Morgan fingerprint density at radius 2 is 1.81 bits per heavy atom. The molecule has 0 radical (unpaired) electrons. The molecule has 0 aliphatic heterocycles. The zero-order chi connectivity index (χ0) is 14.7. The molecule has 1 aromatic heterocycles. The molecule has 0 aliphatic rings. The van der Waals surface area contributed by atoms with Crippen LogP contribution in [0, 0.1) is 6.92 Å². The van der Waals surface area contributed by atoms with E-state index in [2.05, 4.69) is 78.9 Å². The summed E-state index contributed by atoms with van der Waals surface area (Å²) in [5.74, 6) is 0. The molecule has 0 saturated carbocycles. The number of aryl methyl sites for hydroxylation is 1. The smallest absolute Gasteiger partial charge is 0.0456 e. The van der Waals surface area contributed by atoms with Crippen molar-refractivity contribution in [1.29, 1.82) is 0 Å². The number of aromatic amines is 1. The number of nitrogens with one attached hydrogen (secondary N) is 2. The van der Waals surface area contributed by atoms with E-state index in [-0.39, 0.29) is 0 Å². The largest absolute Gasteiger partial charge is 0.361 e. The van der Waals surface area contributed by atoms with Gasteiger partial charge < -0.3 is 10.3 Å². The number of hydrogen-bond donors (Lipinski definition) is 2. The summed E-state index contributed by atoms with van der Waals surface area (Å²) >= 11 is 0. The van der Waals surface area contributed by atoms with Gasteiger partial charge in [-0.05, 0) is 49.6 Å². The average Bonchev–Trinajstić information content (AvgIpc) is 2.91. The van der Waals surface area contributed by atoms with Crippen LogP contribution in [-0.4, -0.2) is 11.5 Å². The first-order valence-electron chi connectivity index (χ1n) is 7.59. The first-order valence-corrected chi connectivity index (χ1v) is 7.59. The molecule has 0 aliphatic carbocycles. The highest BCUT2D eigenvalue weighted by atomic mass is 14.9. The first-order chi connectivity index (χ1) is 10.3. The van der Waals surface area contributed by atoms with Crippen molar-refractivity contribution in [3.8, 4) is 0 Å². The highest BCUT2D eigenvalue weighted by Gasteiger charge is 2.08. The fraction of sp³-hybridized carbons (Fsp3) is 0.263. The predicted octanol–water partition coefficient (Wildman–Crippen LogP) is 4.37. The van der Waals surface area contributed by atoms with Crippen LogP contribution in [0.2, 0.25) is 0 Å². The number of benzene rings is 2. The maximum Gasteiger partial charge on any atom is 0.0456 e. The van der Waals surface area contributed by atoms with E-state index in [4.69, 9.17) is 0 Å². The summed E-state index contributed by atoms with van der Waals surface area (Å²) in [6, 6.07) is 17.5. The highest BCUT2D eigenvalue weighted by molar-refractivity contribution is 5.83. The molecule has 2 heteroatoms. The Morgan fingerprint density at radius 3 is 2.67 bits per heavy atom. The van der Waals surface area contributed by atoms with Gasteiger partial charge in [-0.15, -0.1) is 0 Å². The van der Waals surface area contributed by atoms with Gasteiger partial charge >= 0.3 is 0 Å². The quantitative estimate of drug-likeness (QED) is 0.712. The molecule has 2 nitrogen and oxygen atoms in total. The third-order valence-corrected chi connectivity index (χ3v) is 4.17. The van der Waals surface area contributed by atoms with Gasteiger partial charge in [0.15, 0.2) is 0 Å². The number of rotatable bonds is 5. The Bertz CT molecular complexity index is 727. The second-order valence-electron chi connectivity index (χ2n) is 5.64. The summed E-state index contributed by atoms with van der Waals surface area (Å²) in [6.07, 6.45) is 3.17. The minimum absolute atomic E-state index is 0.386. The van der Waals surface area contributed by atoms with Gasteiger partial charge in [0.05, 0.1) is 0 Å². The van der Waals surface area contributed by atoms with Crippen molar-refractivity contribution in [2.24, 2.45) is 0 Å². The van der Waals surface area contributed by atoms with Crippen molar-refractivity contribution in [1.82, 2.24) is 10.3 Å². The fourth-order valence-corrected chi connectivity index (χ4v) is 2.94. The molecule has 1 heterocycles. The Kier molecular flexibility index (Phi) is 4.07. The van der Waals surface area contributed by atoms with Crippen LogP contribution in [0.5, 0.6) is 0 Å². The van der Waals surface area contributed by atoms with Crippen LogP contribution in [0.3, 0.4) is 0 Å². The number of H-pyrrole nitrogens is 1. The van der Waals surface area contributed by atoms with E-state index in [1.54, 1.807) is 0 Å². The molecule has 0 bridgehead atoms. The van der Waals surface area contributed by atoms with Crippen molar-refractivity contribution in [3.05, 3.63) is 71.4 Å². The van der Waals surface area contributed by atoms with E-state index in [0.717, 1.165) is 13.0 Å². The van der Waals surface area contributed by atoms with Crippen LogP contribution in [-0.2, 0) is 6.42 Å². The molecule has 1 unspecified atom stereocenters. The topological polar surface area (TPSA) is 27.8 Å². The lowest BCUT2D eigenvalue weighted by Gasteiger charge is -2.16. The summed E-state index contributed by atoms with van der Waals surface area (Å²) in [5.41, 5.74) is 5.34. The van der Waals surface area contributed by atoms with Gasteiger partial charge in [0.25, 0.3) is 0 Å². The van der Waals surface area contributed by atoms with Crippen LogP contribution < -0.4 is 5.32 Å². The van der Waals surface area contributed by atoms with Crippen LogP contribution >= 0.6 is 0 Å². The Morgan fingerprint density at radius 1 is 1.05 bits per heavy atom. The number of para-hydroxylation sites is 1. The van der Waals surface area contributed by atoms with E-state index in [0.29, 0.717) is 6.04 Å². The third kappa shape index (κ3) is 3.01. The molecule has 3 rings (SSSR count). The average molecular weight is 278 g/mol. The molecule has 0 saturated heterocycles. The molecule has 0 amide bonds. The van der Waals surface area contributed by atoms with Gasteiger partial charge in [-0.25, -0.2) is 0 Å². The van der Waals surface area contributed by atoms with Crippen molar-refractivity contribution in [2.45, 2.75) is 26.3 Å². The minimum Gasteiger partial charge on any atom is -0.361 e. The van der Waals surface area contributed by atoms with Crippen molar-refractivity contribution < 1.29 is 0 Å². The predicted molar refractivity (Wildman–Crippen MR) is 89.6 cm³/mol. The maximum atomic E-state index is 3.63. The molecule has 0 spiro atoms. The van der Waals surface area contributed by atoms with Gasteiger partial charge in [0, 0.05) is 23.1 Å². The molecule has 1 atom stereocenters. The molecular weight excluding hydrogens is 256 g/mol. The van der Waals surface area contributed by atoms with E-state index in [9.17, 15) is 0 Å². The lowest BCUT2D eigenvalue weighted by molar-refractivity contribution is 0.575. The first kappa shape index (κ1) is 13.9. The van der Waals surface area contributed by atoms with Crippen molar-refractivity contribution in [2.75, 3.05) is 6.54 Å². The maximum absolute atomic E-state index is 3.63. The molecule has 3 aromatic rings. The second kappa shape index (κ2) is 6.15. The SMILES string of the molecule is Cc1ccccc1C(C)NCCc1c[nH]c2ccccc12. The molecule has 2 aromatic carbocycles. The molecule has 108 valence electrons. The molecular formula is C19H22N2. The summed E-state index contributed by atoms with van der Waals surface area (Å²) in [7, 11) is 0. The van der Waals surface area contributed by atoms with Gasteiger partial charge in [-0.2, -0.15) is 0 Å². The van der Waals surface area contributed by atoms with Crippen LogP contribution in [0.15, 0.2) is 54.7 Å². The molecule has 2 N–H and O–H groups in total. The lowest BCUT2D eigenvalue weighted by atomic mass is 10.0. The Labute approximate surface area is 126 Å². The van der Waals surface area contributed by atoms with Crippen molar-refractivity contribution >= 4 is 10.9 Å². The van der Waals surface area contributed by atoms with E-state index < -0.39 is 0 Å². The van der Waals surface area contributed by atoms with Gasteiger partial charge in [-0.3, -0.25) is 0 Å².